The van der Waals surface area contributed by atoms with Crippen LogP contribution in [0.4, 0.5) is 5.69 Å². The molecule has 0 aromatic carbocycles. The summed E-state index contributed by atoms with van der Waals surface area (Å²) in [6, 6.07) is 1.88. The molecule has 0 aliphatic carbocycles. The molecule has 27 heavy (non-hydrogen) atoms. The molecule has 144 valence electrons. The lowest BCUT2D eigenvalue weighted by atomic mass is 10.3. The van der Waals surface area contributed by atoms with Gasteiger partial charge in [-0.1, -0.05) is 11.6 Å². The van der Waals surface area contributed by atoms with Gasteiger partial charge < -0.3 is 19.7 Å². The number of allylic oxidation sites excluding steroid dienone is 1. The molecule has 0 spiro atoms. The smallest absolute Gasteiger partial charge is 0.165 e. The van der Waals surface area contributed by atoms with Crippen molar-refractivity contribution < 1.29 is 13.7 Å². The summed E-state index contributed by atoms with van der Waals surface area (Å²) in [5.74, 6) is 1.42. The summed E-state index contributed by atoms with van der Waals surface area (Å²) in [6.07, 6.45) is 5.23. The largest absolute Gasteiger partial charge is 0.495 e. The molecule has 0 bridgehead atoms. The third-order valence-corrected chi connectivity index (χ3v) is 6.14. The highest BCUT2D eigenvalue weighted by Crippen LogP contribution is 2.30. The standard InChI is InChI=1S/C17H20ClN5O3S/c1-25-12-8-13-17(21-11-20-13)23(9-12)27(24)10-14-16(18)15(2-3-19-14)22-4-6-26-7-5-22/h2-3,8-9,20H,4-7,10-11H2,1H3/t27-/m0/s1. The number of hydrogen-bond donors (Lipinski definition) is 1. The predicted molar refractivity (Wildman–Crippen MR) is 105 cm³/mol. The fraction of sp³-hybridized carbons (Fsp3) is 0.412. The highest BCUT2D eigenvalue weighted by molar-refractivity contribution is 7.82. The molecule has 4 heterocycles. The molecule has 1 N–H and O–H groups in total. The number of hydrogen-bond acceptors (Lipinski definition) is 7. The third-order valence-electron chi connectivity index (χ3n) is 4.49. The summed E-state index contributed by atoms with van der Waals surface area (Å²) >= 11 is 6.60. The van der Waals surface area contributed by atoms with Gasteiger partial charge in [0.15, 0.2) is 5.84 Å². The Morgan fingerprint density at radius 3 is 3.00 bits per heavy atom. The zero-order valence-electron chi connectivity index (χ0n) is 14.9. The van der Waals surface area contributed by atoms with E-state index in [0.717, 1.165) is 24.5 Å². The second kappa shape index (κ2) is 7.87. The number of nitrogens with one attached hydrogen (secondary N) is 1. The fourth-order valence-electron chi connectivity index (χ4n) is 3.10. The van der Waals surface area contributed by atoms with Crippen molar-refractivity contribution in [2.75, 3.05) is 45.0 Å². The maximum absolute atomic E-state index is 13.1. The molecule has 1 aromatic rings. The predicted octanol–water partition coefficient (Wildman–Crippen LogP) is 1.38. The maximum Gasteiger partial charge on any atom is 0.165 e. The Bertz CT molecular complexity index is 851. The number of rotatable bonds is 5. The van der Waals surface area contributed by atoms with Crippen LogP contribution in [0, 0.1) is 0 Å². The molecular formula is C17H20ClN5O3S. The maximum atomic E-state index is 13.1. The van der Waals surface area contributed by atoms with E-state index in [4.69, 9.17) is 21.1 Å². The molecular weight excluding hydrogens is 390 g/mol. The van der Waals surface area contributed by atoms with Crippen LogP contribution in [0.15, 0.2) is 41.0 Å². The Labute approximate surface area is 165 Å². The molecule has 1 fully saturated rings. The van der Waals surface area contributed by atoms with Gasteiger partial charge in [0.2, 0.25) is 0 Å². The van der Waals surface area contributed by atoms with Gasteiger partial charge in [-0.25, -0.2) is 13.5 Å². The van der Waals surface area contributed by atoms with Gasteiger partial charge in [-0.2, -0.15) is 0 Å². The summed E-state index contributed by atoms with van der Waals surface area (Å²) in [6.45, 7) is 3.33. The van der Waals surface area contributed by atoms with E-state index in [2.05, 4.69) is 20.2 Å². The van der Waals surface area contributed by atoms with Crippen molar-refractivity contribution in [1.82, 2.24) is 14.6 Å². The van der Waals surface area contributed by atoms with Crippen LogP contribution in [0.1, 0.15) is 5.69 Å². The number of methoxy groups -OCH3 is 1. The van der Waals surface area contributed by atoms with Crippen molar-refractivity contribution in [3.63, 3.8) is 0 Å². The number of anilines is 1. The first-order valence-electron chi connectivity index (χ1n) is 8.57. The van der Waals surface area contributed by atoms with Gasteiger partial charge in [0, 0.05) is 25.4 Å². The summed E-state index contributed by atoms with van der Waals surface area (Å²) in [7, 11) is 0.136. The van der Waals surface area contributed by atoms with Gasteiger partial charge >= 0.3 is 0 Å². The van der Waals surface area contributed by atoms with E-state index in [-0.39, 0.29) is 5.75 Å². The zero-order chi connectivity index (χ0) is 18.8. The van der Waals surface area contributed by atoms with Crippen LogP contribution in [0.5, 0.6) is 0 Å². The monoisotopic (exact) mass is 409 g/mol. The Morgan fingerprint density at radius 1 is 1.41 bits per heavy atom. The lowest BCUT2D eigenvalue weighted by Gasteiger charge is -2.30. The number of aromatic nitrogens is 1. The average molecular weight is 410 g/mol. The van der Waals surface area contributed by atoms with Crippen molar-refractivity contribution in [3.05, 3.63) is 46.7 Å². The van der Waals surface area contributed by atoms with Gasteiger partial charge in [0.1, 0.15) is 23.4 Å². The minimum atomic E-state index is -1.44. The molecule has 3 aliphatic rings. The molecule has 0 unspecified atom stereocenters. The Morgan fingerprint density at radius 2 is 2.22 bits per heavy atom. The molecule has 0 radical (unpaired) electrons. The molecule has 1 aromatic heterocycles. The van der Waals surface area contributed by atoms with Crippen LogP contribution in [0.3, 0.4) is 0 Å². The lowest BCUT2D eigenvalue weighted by Crippen LogP contribution is -2.36. The number of ether oxygens (including phenoxy) is 2. The molecule has 1 atom stereocenters. The van der Waals surface area contributed by atoms with Crippen LogP contribution in [0.2, 0.25) is 5.02 Å². The normalized spacial score (nSPS) is 20.3. The first-order valence-corrected chi connectivity index (χ1v) is 10.2. The van der Waals surface area contributed by atoms with Gasteiger partial charge in [-0.3, -0.25) is 4.98 Å². The lowest BCUT2D eigenvalue weighted by molar-refractivity contribution is 0.122. The van der Waals surface area contributed by atoms with E-state index >= 15 is 0 Å². The van der Waals surface area contributed by atoms with Crippen LogP contribution in [-0.4, -0.2) is 59.4 Å². The van der Waals surface area contributed by atoms with Gasteiger partial charge in [0.05, 0.1) is 54.4 Å². The first kappa shape index (κ1) is 18.3. The molecule has 10 heteroatoms. The number of nitrogens with zero attached hydrogens (tertiary/aromatic N) is 4. The second-order valence-corrected chi connectivity index (χ2v) is 7.80. The van der Waals surface area contributed by atoms with Crippen molar-refractivity contribution in [2.24, 2.45) is 4.99 Å². The van der Waals surface area contributed by atoms with Gasteiger partial charge in [-0.15, -0.1) is 0 Å². The van der Waals surface area contributed by atoms with Crippen molar-refractivity contribution in [1.29, 1.82) is 0 Å². The number of halogens is 1. The number of fused-ring (bicyclic) bond motifs is 1. The highest BCUT2D eigenvalue weighted by atomic mass is 35.5. The van der Waals surface area contributed by atoms with E-state index in [1.807, 2.05) is 12.1 Å². The molecule has 8 nitrogen and oxygen atoms in total. The van der Waals surface area contributed by atoms with Crippen molar-refractivity contribution >= 4 is 34.1 Å². The van der Waals surface area contributed by atoms with Gasteiger partial charge in [0.25, 0.3) is 0 Å². The average Bonchev–Trinajstić information content (AvgIpc) is 3.18. The first-order chi connectivity index (χ1) is 13.2. The quantitative estimate of drug-likeness (QED) is 0.791. The van der Waals surface area contributed by atoms with E-state index in [9.17, 15) is 4.21 Å². The summed E-state index contributed by atoms with van der Waals surface area (Å²) in [5, 5.41) is 3.67. The van der Waals surface area contributed by atoms with Crippen LogP contribution in [-0.2, 0) is 26.2 Å². The van der Waals surface area contributed by atoms with Crippen LogP contribution in [0.25, 0.3) is 0 Å². The van der Waals surface area contributed by atoms with Crippen molar-refractivity contribution in [2.45, 2.75) is 5.75 Å². The zero-order valence-corrected chi connectivity index (χ0v) is 16.4. The summed E-state index contributed by atoms with van der Waals surface area (Å²) < 4.78 is 25.4. The number of morpholine rings is 1. The fourth-order valence-corrected chi connectivity index (χ4v) is 4.64. The number of amidine groups is 1. The van der Waals surface area contributed by atoms with Gasteiger partial charge in [-0.05, 0) is 6.07 Å². The van der Waals surface area contributed by atoms with E-state index in [1.165, 1.54) is 0 Å². The Balaban J connectivity index is 1.56. The Hall–Kier alpha value is -2.10. The number of aliphatic imine (C=N–C) groups is 1. The minimum Gasteiger partial charge on any atom is -0.495 e. The van der Waals surface area contributed by atoms with Crippen molar-refractivity contribution in [3.8, 4) is 0 Å². The summed E-state index contributed by atoms with van der Waals surface area (Å²) in [4.78, 5) is 10.9. The van der Waals surface area contributed by atoms with Crippen LogP contribution >= 0.6 is 11.6 Å². The molecule has 0 saturated carbocycles. The molecule has 4 rings (SSSR count). The highest BCUT2D eigenvalue weighted by Gasteiger charge is 2.29. The SMILES string of the molecule is COC1=CN([S@@](=O)Cc2nccc(N3CCOCC3)c2Cl)C2=NCNC2=C1. The molecule has 1 saturated heterocycles. The minimum absolute atomic E-state index is 0.177. The topological polar surface area (TPSA) is 79.3 Å². The summed E-state index contributed by atoms with van der Waals surface area (Å²) in [5.41, 5.74) is 2.28. The molecule has 3 aliphatic heterocycles. The van der Waals surface area contributed by atoms with E-state index in [0.29, 0.717) is 42.2 Å². The molecule has 0 amide bonds. The third kappa shape index (κ3) is 3.67. The van der Waals surface area contributed by atoms with E-state index < -0.39 is 11.0 Å². The van der Waals surface area contributed by atoms with E-state index in [1.54, 1.807) is 23.8 Å². The number of pyridine rings is 1. The van der Waals surface area contributed by atoms with Crippen LogP contribution < -0.4 is 10.2 Å². The second-order valence-electron chi connectivity index (χ2n) is 6.09. The Kier molecular flexibility index (Phi) is 5.33.